The average molecular weight is 304 g/mol. The lowest BCUT2D eigenvalue weighted by molar-refractivity contribution is 0.0430. The summed E-state index contributed by atoms with van der Waals surface area (Å²) in [6.45, 7) is 5.20. The molecule has 0 saturated carbocycles. The number of carbonyl (C=O) groups is 2. The third-order valence-electron chi connectivity index (χ3n) is 3.35. The van der Waals surface area contributed by atoms with Crippen LogP contribution < -0.4 is 0 Å². The molecular weight excluding hydrogens is 288 g/mol. The number of esters is 2. The van der Waals surface area contributed by atoms with Crippen molar-refractivity contribution < 1.29 is 28.5 Å². The van der Waals surface area contributed by atoms with Crippen molar-refractivity contribution in [2.45, 2.75) is 12.2 Å². The van der Waals surface area contributed by atoms with Crippen LogP contribution in [0.5, 0.6) is 0 Å². The van der Waals surface area contributed by atoms with Crippen LogP contribution in [0.2, 0.25) is 0 Å². The second-order valence-corrected chi connectivity index (χ2v) is 5.08. The second-order valence-electron chi connectivity index (χ2n) is 5.08. The van der Waals surface area contributed by atoms with E-state index in [1.807, 2.05) is 0 Å². The third-order valence-corrected chi connectivity index (χ3v) is 3.35. The fourth-order valence-corrected chi connectivity index (χ4v) is 1.95. The molecule has 1 aromatic carbocycles. The number of ether oxygens (including phenoxy) is 4. The van der Waals surface area contributed by atoms with E-state index in [2.05, 4.69) is 6.58 Å². The molecule has 1 aromatic rings. The van der Waals surface area contributed by atoms with E-state index in [0.29, 0.717) is 18.8 Å². The Labute approximate surface area is 127 Å². The Morgan fingerprint density at radius 1 is 1.14 bits per heavy atom. The molecule has 2 aliphatic rings. The highest BCUT2D eigenvalue weighted by atomic mass is 16.6. The minimum absolute atomic E-state index is 0.0334. The highest BCUT2D eigenvalue weighted by molar-refractivity contribution is 6.05. The van der Waals surface area contributed by atoms with Crippen LogP contribution in [0.15, 0.2) is 24.8 Å². The number of epoxide rings is 2. The number of benzene rings is 1. The first-order chi connectivity index (χ1) is 10.7. The summed E-state index contributed by atoms with van der Waals surface area (Å²) in [5.41, 5.74) is 0.860. The Hall–Kier alpha value is -2.18. The van der Waals surface area contributed by atoms with Crippen molar-refractivity contribution in [1.29, 1.82) is 0 Å². The first-order valence-electron chi connectivity index (χ1n) is 7.02. The second kappa shape index (κ2) is 6.29. The predicted molar refractivity (Wildman–Crippen MR) is 76.6 cm³/mol. The summed E-state index contributed by atoms with van der Waals surface area (Å²) >= 11 is 0. The number of carbonyl (C=O) groups excluding carboxylic acids is 2. The summed E-state index contributed by atoms with van der Waals surface area (Å²) in [6, 6.07) is 4.90. The largest absolute Gasteiger partial charge is 0.459 e. The fourth-order valence-electron chi connectivity index (χ4n) is 1.95. The van der Waals surface area contributed by atoms with Gasteiger partial charge in [-0.25, -0.2) is 9.59 Å². The van der Waals surface area contributed by atoms with E-state index in [-0.39, 0.29) is 36.5 Å². The van der Waals surface area contributed by atoms with Gasteiger partial charge < -0.3 is 18.9 Å². The minimum atomic E-state index is -0.583. The van der Waals surface area contributed by atoms with Crippen molar-refractivity contribution in [3.63, 3.8) is 0 Å². The SMILES string of the molecule is C=Cc1cccc(C(=O)OCC2CO2)c1C(=O)OCC1CO1. The van der Waals surface area contributed by atoms with Crippen molar-refractivity contribution in [2.24, 2.45) is 0 Å². The van der Waals surface area contributed by atoms with Gasteiger partial charge in [-0.05, 0) is 11.6 Å². The summed E-state index contributed by atoms with van der Waals surface area (Å²) in [4.78, 5) is 24.5. The Bertz CT molecular complexity index is 601. The van der Waals surface area contributed by atoms with Gasteiger partial charge in [0.15, 0.2) is 0 Å². The van der Waals surface area contributed by atoms with Gasteiger partial charge >= 0.3 is 11.9 Å². The summed E-state index contributed by atoms with van der Waals surface area (Å²) in [5, 5.41) is 0. The maximum absolute atomic E-state index is 12.3. The molecule has 0 aromatic heterocycles. The van der Waals surface area contributed by atoms with Gasteiger partial charge in [-0.2, -0.15) is 0 Å². The Kier molecular flexibility index (Phi) is 4.22. The average Bonchev–Trinajstić information content (AvgIpc) is 3.43. The van der Waals surface area contributed by atoms with Crippen LogP contribution in [0, 0.1) is 0 Å². The van der Waals surface area contributed by atoms with Crippen LogP contribution in [0.1, 0.15) is 26.3 Å². The number of rotatable bonds is 7. The van der Waals surface area contributed by atoms with E-state index in [4.69, 9.17) is 18.9 Å². The molecule has 0 aliphatic carbocycles. The van der Waals surface area contributed by atoms with Gasteiger partial charge in [-0.1, -0.05) is 24.8 Å². The molecule has 0 radical (unpaired) electrons. The monoisotopic (exact) mass is 304 g/mol. The molecule has 2 unspecified atom stereocenters. The summed E-state index contributed by atoms with van der Waals surface area (Å²) < 4.78 is 20.3. The normalized spacial score (nSPS) is 21.8. The maximum Gasteiger partial charge on any atom is 0.339 e. The van der Waals surface area contributed by atoms with E-state index < -0.39 is 11.9 Å². The molecule has 116 valence electrons. The van der Waals surface area contributed by atoms with Gasteiger partial charge in [-0.3, -0.25) is 0 Å². The summed E-state index contributed by atoms with van der Waals surface area (Å²) in [6.07, 6.45) is 1.43. The van der Waals surface area contributed by atoms with Crippen LogP contribution in [-0.4, -0.2) is 50.6 Å². The number of hydrogen-bond acceptors (Lipinski definition) is 6. The van der Waals surface area contributed by atoms with Crippen LogP contribution in [-0.2, 0) is 18.9 Å². The molecule has 2 atom stereocenters. The molecular formula is C16H16O6. The molecule has 0 bridgehead atoms. The molecule has 0 amide bonds. The standard InChI is InChI=1S/C16H16O6/c1-2-10-4-3-5-13(15(17)21-8-11-6-19-11)14(10)16(18)22-9-12-7-20-12/h2-5,11-12H,1,6-9H2. The van der Waals surface area contributed by atoms with Gasteiger partial charge in [0, 0.05) is 0 Å². The van der Waals surface area contributed by atoms with Crippen molar-refractivity contribution in [3.8, 4) is 0 Å². The Morgan fingerprint density at radius 2 is 1.73 bits per heavy atom. The molecule has 2 aliphatic heterocycles. The lowest BCUT2D eigenvalue weighted by atomic mass is 10.0. The molecule has 0 N–H and O–H groups in total. The lowest BCUT2D eigenvalue weighted by Crippen LogP contribution is -2.18. The maximum atomic E-state index is 12.3. The van der Waals surface area contributed by atoms with Gasteiger partial charge in [0.2, 0.25) is 0 Å². The minimum Gasteiger partial charge on any atom is -0.459 e. The molecule has 2 heterocycles. The van der Waals surface area contributed by atoms with Crippen LogP contribution in [0.25, 0.3) is 6.08 Å². The van der Waals surface area contributed by atoms with Crippen molar-refractivity contribution in [1.82, 2.24) is 0 Å². The zero-order chi connectivity index (χ0) is 15.5. The Balaban J connectivity index is 1.78. The first-order valence-corrected chi connectivity index (χ1v) is 7.02. The zero-order valence-electron chi connectivity index (χ0n) is 11.9. The van der Waals surface area contributed by atoms with Gasteiger partial charge in [-0.15, -0.1) is 0 Å². The highest BCUT2D eigenvalue weighted by Crippen LogP contribution is 2.20. The van der Waals surface area contributed by atoms with Crippen molar-refractivity contribution in [3.05, 3.63) is 41.5 Å². The zero-order valence-corrected chi connectivity index (χ0v) is 11.9. The molecule has 6 nitrogen and oxygen atoms in total. The lowest BCUT2D eigenvalue weighted by Gasteiger charge is -2.11. The highest BCUT2D eigenvalue weighted by Gasteiger charge is 2.29. The summed E-state index contributed by atoms with van der Waals surface area (Å²) in [7, 11) is 0. The molecule has 2 saturated heterocycles. The molecule has 6 heteroatoms. The van der Waals surface area contributed by atoms with E-state index >= 15 is 0 Å². The first kappa shape index (κ1) is 14.7. The van der Waals surface area contributed by atoms with Gasteiger partial charge in [0.05, 0.1) is 24.3 Å². The van der Waals surface area contributed by atoms with Gasteiger partial charge in [0.1, 0.15) is 25.4 Å². The van der Waals surface area contributed by atoms with Crippen molar-refractivity contribution in [2.75, 3.05) is 26.4 Å². The third kappa shape index (κ3) is 3.52. The van der Waals surface area contributed by atoms with E-state index in [1.54, 1.807) is 12.1 Å². The van der Waals surface area contributed by atoms with E-state index in [0.717, 1.165) is 0 Å². The quantitative estimate of drug-likeness (QED) is 0.560. The number of hydrogen-bond donors (Lipinski definition) is 0. The topological polar surface area (TPSA) is 77.7 Å². The van der Waals surface area contributed by atoms with Crippen LogP contribution in [0.3, 0.4) is 0 Å². The fraction of sp³-hybridized carbons (Fsp3) is 0.375. The molecule has 0 spiro atoms. The summed E-state index contributed by atoms with van der Waals surface area (Å²) in [5.74, 6) is -1.16. The predicted octanol–water partition coefficient (Wildman–Crippen LogP) is 1.44. The van der Waals surface area contributed by atoms with Crippen LogP contribution in [0.4, 0.5) is 0 Å². The van der Waals surface area contributed by atoms with E-state index in [1.165, 1.54) is 12.1 Å². The van der Waals surface area contributed by atoms with Gasteiger partial charge in [0.25, 0.3) is 0 Å². The molecule has 2 fully saturated rings. The van der Waals surface area contributed by atoms with E-state index in [9.17, 15) is 9.59 Å². The smallest absolute Gasteiger partial charge is 0.339 e. The Morgan fingerprint density at radius 3 is 2.27 bits per heavy atom. The van der Waals surface area contributed by atoms with Crippen LogP contribution >= 0.6 is 0 Å². The molecule has 3 rings (SSSR count). The van der Waals surface area contributed by atoms with Crippen molar-refractivity contribution >= 4 is 18.0 Å². The molecule has 22 heavy (non-hydrogen) atoms.